The highest BCUT2D eigenvalue weighted by atomic mass is 19.1. The van der Waals surface area contributed by atoms with Crippen LogP contribution >= 0.6 is 0 Å². The Kier molecular flexibility index (Phi) is 10.3. The van der Waals surface area contributed by atoms with Crippen molar-refractivity contribution in [3.63, 3.8) is 0 Å². The lowest BCUT2D eigenvalue weighted by atomic mass is 9.91. The summed E-state index contributed by atoms with van der Waals surface area (Å²) in [5.74, 6) is 0.0584. The summed E-state index contributed by atoms with van der Waals surface area (Å²) < 4.78 is 19.4. The number of methoxy groups -OCH3 is 1. The Bertz CT molecular complexity index is 791. The van der Waals surface area contributed by atoms with E-state index in [1.807, 2.05) is 25.7 Å². The van der Waals surface area contributed by atoms with Crippen LogP contribution in [-0.2, 0) is 20.9 Å². The zero-order valence-electron chi connectivity index (χ0n) is 21.3. The fourth-order valence-corrected chi connectivity index (χ4v) is 4.34. The van der Waals surface area contributed by atoms with Gasteiger partial charge in [0, 0.05) is 45.4 Å². The van der Waals surface area contributed by atoms with Gasteiger partial charge in [-0.05, 0) is 61.0 Å². The van der Waals surface area contributed by atoms with Crippen molar-refractivity contribution in [3.8, 4) is 0 Å². The number of ether oxygens (including phenoxy) is 1. The standard InChI is InChI=1S/C26H42FN3O3/c1-20(2)17-28-11-7-13-29(24(31)16-26(3,4)5)18-21-15-22(27)9-10-23(21)30(14-8-12-28)25(32)19-33-6/h9-10,15,20H,7-8,11-14,16-19H2,1-6H3. The van der Waals surface area contributed by atoms with Gasteiger partial charge in [-0.25, -0.2) is 4.39 Å². The maximum absolute atomic E-state index is 14.3. The van der Waals surface area contributed by atoms with Gasteiger partial charge in [0.1, 0.15) is 12.4 Å². The number of carbonyl (C=O) groups excluding carboxylic acids is 2. The van der Waals surface area contributed by atoms with Crippen molar-refractivity contribution in [1.82, 2.24) is 9.80 Å². The van der Waals surface area contributed by atoms with E-state index in [2.05, 4.69) is 18.7 Å². The number of fused-ring (bicyclic) bond motifs is 1. The molecule has 0 saturated carbocycles. The number of amides is 2. The molecule has 186 valence electrons. The van der Waals surface area contributed by atoms with Crippen LogP contribution in [0.2, 0.25) is 0 Å². The Morgan fingerprint density at radius 2 is 1.73 bits per heavy atom. The topological polar surface area (TPSA) is 53.1 Å². The predicted octanol–water partition coefficient (Wildman–Crippen LogP) is 4.32. The lowest BCUT2D eigenvalue weighted by molar-refractivity contribution is -0.133. The fraction of sp³-hybridized carbons (Fsp3) is 0.692. The summed E-state index contributed by atoms with van der Waals surface area (Å²) in [6.07, 6.45) is 2.09. The number of halogens is 1. The van der Waals surface area contributed by atoms with Gasteiger partial charge in [0.2, 0.25) is 5.91 Å². The second-order valence-electron chi connectivity index (χ2n) is 10.7. The van der Waals surface area contributed by atoms with Gasteiger partial charge in [0.15, 0.2) is 0 Å². The van der Waals surface area contributed by atoms with E-state index in [1.165, 1.54) is 19.2 Å². The molecule has 2 rings (SSSR count). The summed E-state index contributed by atoms with van der Waals surface area (Å²) in [6, 6.07) is 4.49. The van der Waals surface area contributed by atoms with Gasteiger partial charge in [0.05, 0.1) is 0 Å². The first-order chi connectivity index (χ1) is 15.5. The van der Waals surface area contributed by atoms with E-state index in [0.717, 1.165) is 32.5 Å². The van der Waals surface area contributed by atoms with E-state index in [1.54, 1.807) is 11.0 Å². The Balaban J connectivity index is 2.43. The maximum Gasteiger partial charge on any atom is 0.252 e. The molecule has 0 fully saturated rings. The molecule has 2 amide bonds. The zero-order valence-corrected chi connectivity index (χ0v) is 21.3. The number of hydrogen-bond acceptors (Lipinski definition) is 4. The second kappa shape index (κ2) is 12.5. The molecule has 0 radical (unpaired) electrons. The van der Waals surface area contributed by atoms with Crippen molar-refractivity contribution in [1.29, 1.82) is 0 Å². The van der Waals surface area contributed by atoms with Crippen molar-refractivity contribution in [3.05, 3.63) is 29.6 Å². The van der Waals surface area contributed by atoms with Crippen LogP contribution < -0.4 is 4.90 Å². The average molecular weight is 464 g/mol. The van der Waals surface area contributed by atoms with Gasteiger partial charge < -0.3 is 19.4 Å². The van der Waals surface area contributed by atoms with Crippen molar-refractivity contribution in [2.45, 2.75) is 60.4 Å². The van der Waals surface area contributed by atoms with E-state index in [-0.39, 0.29) is 36.2 Å². The van der Waals surface area contributed by atoms with Crippen molar-refractivity contribution in [2.24, 2.45) is 11.3 Å². The van der Waals surface area contributed by atoms with E-state index in [4.69, 9.17) is 4.74 Å². The van der Waals surface area contributed by atoms with E-state index < -0.39 is 0 Å². The van der Waals surface area contributed by atoms with Gasteiger partial charge in [0.25, 0.3) is 5.91 Å². The quantitative estimate of drug-likeness (QED) is 0.653. The molecule has 33 heavy (non-hydrogen) atoms. The number of anilines is 1. The molecule has 1 heterocycles. The molecule has 0 unspecified atom stereocenters. The molecule has 0 saturated heterocycles. The number of rotatable bonds is 5. The summed E-state index contributed by atoms with van der Waals surface area (Å²) in [4.78, 5) is 32.1. The van der Waals surface area contributed by atoms with Crippen molar-refractivity contribution >= 4 is 17.5 Å². The minimum atomic E-state index is -0.369. The Morgan fingerprint density at radius 1 is 1.06 bits per heavy atom. The van der Waals surface area contributed by atoms with Gasteiger partial charge >= 0.3 is 0 Å². The third-order valence-electron chi connectivity index (χ3n) is 5.68. The van der Waals surface area contributed by atoms with Crippen LogP contribution in [0.5, 0.6) is 0 Å². The molecule has 0 bridgehead atoms. The first kappa shape index (κ1) is 27.3. The lowest BCUT2D eigenvalue weighted by Gasteiger charge is -2.33. The number of carbonyl (C=O) groups is 2. The van der Waals surface area contributed by atoms with Crippen LogP contribution in [0.3, 0.4) is 0 Å². The summed E-state index contributed by atoms with van der Waals surface area (Å²) in [6.45, 7) is 14.6. The smallest absolute Gasteiger partial charge is 0.252 e. The van der Waals surface area contributed by atoms with Crippen LogP contribution in [0, 0.1) is 17.2 Å². The largest absolute Gasteiger partial charge is 0.375 e. The second-order valence-corrected chi connectivity index (χ2v) is 10.7. The van der Waals surface area contributed by atoms with Crippen LogP contribution in [0.25, 0.3) is 0 Å². The Hall–Kier alpha value is -1.99. The highest BCUT2D eigenvalue weighted by Crippen LogP contribution is 2.27. The van der Waals surface area contributed by atoms with Crippen molar-refractivity contribution in [2.75, 3.05) is 51.3 Å². The van der Waals surface area contributed by atoms with E-state index >= 15 is 0 Å². The summed E-state index contributed by atoms with van der Waals surface area (Å²) in [5.41, 5.74) is 1.17. The summed E-state index contributed by atoms with van der Waals surface area (Å²) >= 11 is 0. The molecule has 0 aliphatic carbocycles. The third kappa shape index (κ3) is 9.05. The van der Waals surface area contributed by atoms with Crippen molar-refractivity contribution < 1.29 is 18.7 Å². The highest BCUT2D eigenvalue weighted by molar-refractivity contribution is 5.95. The van der Waals surface area contributed by atoms with Crippen LogP contribution in [0.15, 0.2) is 18.2 Å². The molecule has 1 aromatic rings. The molecule has 0 spiro atoms. The van der Waals surface area contributed by atoms with Gasteiger partial charge in [-0.3, -0.25) is 9.59 Å². The first-order valence-electron chi connectivity index (χ1n) is 12.1. The summed E-state index contributed by atoms with van der Waals surface area (Å²) in [5, 5.41) is 0. The molecule has 6 nitrogen and oxygen atoms in total. The molecule has 0 N–H and O–H groups in total. The van der Waals surface area contributed by atoms with Crippen LogP contribution in [0.1, 0.15) is 59.4 Å². The first-order valence-corrected chi connectivity index (χ1v) is 12.1. The number of hydrogen-bond donors (Lipinski definition) is 0. The Labute approximate surface area is 199 Å². The minimum Gasteiger partial charge on any atom is -0.375 e. The van der Waals surface area contributed by atoms with Gasteiger partial charge in [-0.15, -0.1) is 0 Å². The highest BCUT2D eigenvalue weighted by Gasteiger charge is 2.25. The maximum atomic E-state index is 14.3. The third-order valence-corrected chi connectivity index (χ3v) is 5.68. The van der Waals surface area contributed by atoms with E-state index in [9.17, 15) is 14.0 Å². The molecule has 1 aliphatic rings. The molecular formula is C26H42FN3O3. The van der Waals surface area contributed by atoms with Gasteiger partial charge in [-0.1, -0.05) is 34.6 Å². The fourth-order valence-electron chi connectivity index (χ4n) is 4.34. The molecule has 1 aliphatic heterocycles. The molecule has 7 heteroatoms. The molecule has 1 aromatic carbocycles. The SMILES string of the molecule is COCC(=O)N1CCCN(CC(C)C)CCCN(C(=O)CC(C)(C)C)Cc2cc(F)ccc21. The minimum absolute atomic E-state index is 0.0425. The summed E-state index contributed by atoms with van der Waals surface area (Å²) in [7, 11) is 1.50. The zero-order chi connectivity index (χ0) is 24.6. The number of benzene rings is 1. The van der Waals surface area contributed by atoms with Crippen LogP contribution in [0.4, 0.5) is 10.1 Å². The Morgan fingerprint density at radius 3 is 2.33 bits per heavy atom. The monoisotopic (exact) mass is 463 g/mol. The molecular weight excluding hydrogens is 421 g/mol. The average Bonchev–Trinajstić information content (AvgIpc) is 2.68. The predicted molar refractivity (Wildman–Crippen MR) is 131 cm³/mol. The normalized spacial score (nSPS) is 16.8. The van der Waals surface area contributed by atoms with Crippen LogP contribution in [-0.4, -0.2) is 68.1 Å². The number of nitrogens with zero attached hydrogens (tertiary/aromatic N) is 3. The van der Waals surface area contributed by atoms with E-state index in [0.29, 0.717) is 36.7 Å². The molecule has 0 aromatic heterocycles. The van der Waals surface area contributed by atoms with Gasteiger partial charge in [-0.2, -0.15) is 0 Å². The molecule has 0 atom stereocenters. The lowest BCUT2D eigenvalue weighted by Crippen LogP contribution is -2.41.